The summed E-state index contributed by atoms with van der Waals surface area (Å²) in [6, 6.07) is 16.3. The molecule has 1 heterocycles. The summed E-state index contributed by atoms with van der Waals surface area (Å²) >= 11 is 9.70. The molecule has 106 valence electrons. The summed E-state index contributed by atoms with van der Waals surface area (Å²) in [5, 5.41) is 5.03. The fourth-order valence-corrected chi connectivity index (χ4v) is 2.68. The van der Waals surface area contributed by atoms with E-state index in [-0.39, 0.29) is 0 Å². The SMILES string of the molecule is Cc1ccc2nc(Cl)c(CNc3ccc(Br)cc3)cc2c1. The van der Waals surface area contributed by atoms with E-state index in [2.05, 4.69) is 45.3 Å². The Bertz CT molecular complexity index is 785. The van der Waals surface area contributed by atoms with Crippen molar-refractivity contribution in [1.29, 1.82) is 0 Å². The smallest absolute Gasteiger partial charge is 0.134 e. The van der Waals surface area contributed by atoms with Crippen molar-refractivity contribution in [3.63, 3.8) is 0 Å². The number of aromatic nitrogens is 1. The van der Waals surface area contributed by atoms with Crippen molar-refractivity contribution in [3.8, 4) is 0 Å². The number of rotatable bonds is 3. The summed E-state index contributed by atoms with van der Waals surface area (Å²) < 4.78 is 1.06. The predicted octanol–water partition coefficient (Wildman–Crippen LogP) is 5.57. The van der Waals surface area contributed by atoms with Crippen LogP contribution < -0.4 is 5.32 Å². The molecule has 0 saturated heterocycles. The lowest BCUT2D eigenvalue weighted by molar-refractivity contribution is 1.13. The topological polar surface area (TPSA) is 24.9 Å². The molecule has 0 aliphatic rings. The highest BCUT2D eigenvalue weighted by atomic mass is 79.9. The van der Waals surface area contributed by atoms with Gasteiger partial charge in [-0.3, -0.25) is 0 Å². The maximum atomic E-state index is 6.28. The number of benzene rings is 2. The monoisotopic (exact) mass is 360 g/mol. The molecule has 0 fully saturated rings. The molecule has 0 bridgehead atoms. The van der Waals surface area contributed by atoms with Crippen LogP contribution in [0, 0.1) is 6.92 Å². The van der Waals surface area contributed by atoms with Gasteiger partial charge < -0.3 is 5.32 Å². The van der Waals surface area contributed by atoms with Crippen LogP contribution in [0.15, 0.2) is 53.0 Å². The predicted molar refractivity (Wildman–Crippen MR) is 93.0 cm³/mol. The van der Waals surface area contributed by atoms with Gasteiger partial charge in [-0.05, 0) is 49.4 Å². The number of fused-ring (bicyclic) bond motifs is 1. The quantitative estimate of drug-likeness (QED) is 0.617. The first kappa shape index (κ1) is 14.4. The molecule has 0 amide bonds. The van der Waals surface area contributed by atoms with Gasteiger partial charge in [0.2, 0.25) is 0 Å². The van der Waals surface area contributed by atoms with Crippen molar-refractivity contribution in [1.82, 2.24) is 4.98 Å². The third kappa shape index (κ3) is 3.36. The van der Waals surface area contributed by atoms with E-state index in [4.69, 9.17) is 11.6 Å². The van der Waals surface area contributed by atoms with Crippen molar-refractivity contribution in [2.45, 2.75) is 13.5 Å². The molecule has 0 spiro atoms. The van der Waals surface area contributed by atoms with Crippen LogP contribution in [0.25, 0.3) is 10.9 Å². The van der Waals surface area contributed by atoms with E-state index >= 15 is 0 Å². The van der Waals surface area contributed by atoms with E-state index in [9.17, 15) is 0 Å². The molecule has 3 aromatic rings. The highest BCUT2D eigenvalue weighted by molar-refractivity contribution is 9.10. The first-order valence-electron chi connectivity index (χ1n) is 6.67. The van der Waals surface area contributed by atoms with Gasteiger partial charge >= 0.3 is 0 Å². The van der Waals surface area contributed by atoms with E-state index in [1.54, 1.807) is 0 Å². The van der Waals surface area contributed by atoms with Gasteiger partial charge in [-0.2, -0.15) is 0 Å². The van der Waals surface area contributed by atoms with E-state index in [0.29, 0.717) is 11.7 Å². The lowest BCUT2D eigenvalue weighted by Crippen LogP contribution is -2.01. The first-order chi connectivity index (χ1) is 10.1. The van der Waals surface area contributed by atoms with Crippen LogP contribution in [0.1, 0.15) is 11.1 Å². The van der Waals surface area contributed by atoms with Gasteiger partial charge in [0, 0.05) is 27.7 Å². The molecule has 21 heavy (non-hydrogen) atoms. The molecular weight excluding hydrogens is 348 g/mol. The Morgan fingerprint density at radius 2 is 1.86 bits per heavy atom. The second kappa shape index (κ2) is 6.04. The number of aryl methyl sites for hydroxylation is 1. The molecule has 3 rings (SSSR count). The summed E-state index contributed by atoms with van der Waals surface area (Å²) in [6.07, 6.45) is 0. The molecule has 0 saturated carbocycles. The van der Waals surface area contributed by atoms with E-state index in [0.717, 1.165) is 26.6 Å². The fraction of sp³-hybridized carbons (Fsp3) is 0.118. The summed E-state index contributed by atoms with van der Waals surface area (Å²) in [4.78, 5) is 4.46. The molecule has 0 radical (unpaired) electrons. The van der Waals surface area contributed by atoms with Crippen molar-refractivity contribution in [2.24, 2.45) is 0 Å². The zero-order valence-electron chi connectivity index (χ0n) is 11.5. The van der Waals surface area contributed by atoms with Crippen molar-refractivity contribution < 1.29 is 0 Å². The Morgan fingerprint density at radius 3 is 2.62 bits per heavy atom. The lowest BCUT2D eigenvalue weighted by atomic mass is 10.1. The van der Waals surface area contributed by atoms with Crippen LogP contribution >= 0.6 is 27.5 Å². The first-order valence-corrected chi connectivity index (χ1v) is 7.84. The van der Waals surface area contributed by atoms with Gasteiger partial charge in [-0.25, -0.2) is 4.98 Å². The molecule has 1 N–H and O–H groups in total. The minimum Gasteiger partial charge on any atom is -0.381 e. The second-order valence-corrected chi connectivity index (χ2v) is 6.27. The molecular formula is C17H14BrClN2. The van der Waals surface area contributed by atoms with Crippen LogP contribution in [-0.2, 0) is 6.54 Å². The minimum atomic E-state index is 0.552. The number of anilines is 1. The highest BCUT2D eigenvalue weighted by Gasteiger charge is 2.05. The highest BCUT2D eigenvalue weighted by Crippen LogP contribution is 2.23. The van der Waals surface area contributed by atoms with Crippen molar-refractivity contribution in [2.75, 3.05) is 5.32 Å². The van der Waals surface area contributed by atoms with Crippen LogP contribution in [0.5, 0.6) is 0 Å². The Morgan fingerprint density at radius 1 is 1.10 bits per heavy atom. The molecule has 1 aromatic heterocycles. The molecule has 0 atom stereocenters. The van der Waals surface area contributed by atoms with Crippen LogP contribution in [-0.4, -0.2) is 4.98 Å². The van der Waals surface area contributed by atoms with E-state index < -0.39 is 0 Å². The maximum Gasteiger partial charge on any atom is 0.134 e. The number of nitrogens with zero attached hydrogens (tertiary/aromatic N) is 1. The zero-order chi connectivity index (χ0) is 14.8. The standard InChI is InChI=1S/C17H14BrClN2/c1-11-2-7-16-12(8-11)9-13(17(19)21-16)10-20-15-5-3-14(18)4-6-15/h2-9,20H,10H2,1H3. The number of hydrogen-bond acceptors (Lipinski definition) is 2. The summed E-state index contributed by atoms with van der Waals surface area (Å²) in [7, 11) is 0. The third-order valence-electron chi connectivity index (χ3n) is 3.32. The normalized spacial score (nSPS) is 10.8. The Balaban J connectivity index is 1.86. The summed E-state index contributed by atoms with van der Waals surface area (Å²) in [5.74, 6) is 0. The molecule has 0 aliphatic carbocycles. The Hall–Kier alpha value is -1.58. The van der Waals surface area contributed by atoms with Crippen molar-refractivity contribution in [3.05, 3.63) is 69.3 Å². The second-order valence-electron chi connectivity index (χ2n) is 4.99. The average molecular weight is 362 g/mol. The number of halogens is 2. The van der Waals surface area contributed by atoms with Gasteiger partial charge in [0.25, 0.3) is 0 Å². The van der Waals surface area contributed by atoms with Gasteiger partial charge in [0.05, 0.1) is 5.52 Å². The van der Waals surface area contributed by atoms with Gasteiger partial charge in [0.15, 0.2) is 0 Å². The molecule has 4 heteroatoms. The van der Waals surface area contributed by atoms with E-state index in [1.807, 2.05) is 36.4 Å². The number of hydrogen-bond donors (Lipinski definition) is 1. The molecule has 0 aliphatic heterocycles. The number of pyridine rings is 1. The molecule has 0 unspecified atom stereocenters. The fourth-order valence-electron chi connectivity index (χ4n) is 2.21. The van der Waals surface area contributed by atoms with Crippen LogP contribution in [0.4, 0.5) is 5.69 Å². The van der Waals surface area contributed by atoms with Gasteiger partial charge in [-0.15, -0.1) is 0 Å². The largest absolute Gasteiger partial charge is 0.381 e. The average Bonchev–Trinajstić information content (AvgIpc) is 2.47. The zero-order valence-corrected chi connectivity index (χ0v) is 13.9. The maximum absolute atomic E-state index is 6.28. The number of nitrogens with one attached hydrogen (secondary N) is 1. The third-order valence-corrected chi connectivity index (χ3v) is 4.18. The Labute approximate surface area is 137 Å². The minimum absolute atomic E-state index is 0.552. The molecule has 2 nitrogen and oxygen atoms in total. The lowest BCUT2D eigenvalue weighted by Gasteiger charge is -2.09. The molecule has 2 aromatic carbocycles. The van der Waals surface area contributed by atoms with Gasteiger partial charge in [-0.1, -0.05) is 39.2 Å². The summed E-state index contributed by atoms with van der Waals surface area (Å²) in [6.45, 7) is 2.73. The van der Waals surface area contributed by atoms with Crippen LogP contribution in [0.2, 0.25) is 5.15 Å². The van der Waals surface area contributed by atoms with Crippen LogP contribution in [0.3, 0.4) is 0 Å². The van der Waals surface area contributed by atoms with Crippen molar-refractivity contribution >= 4 is 44.1 Å². The Kier molecular flexibility index (Phi) is 4.13. The van der Waals surface area contributed by atoms with E-state index in [1.165, 1.54) is 5.56 Å². The summed E-state index contributed by atoms with van der Waals surface area (Å²) in [5.41, 5.74) is 4.20. The van der Waals surface area contributed by atoms with Gasteiger partial charge in [0.1, 0.15) is 5.15 Å².